The van der Waals surface area contributed by atoms with Crippen LogP contribution in [0.15, 0.2) is 32.5 Å². The summed E-state index contributed by atoms with van der Waals surface area (Å²) in [6, 6.07) is 3.85. The summed E-state index contributed by atoms with van der Waals surface area (Å²) in [5, 5.41) is 3.10. The largest absolute Gasteiger partial charge is 0.313 e. The van der Waals surface area contributed by atoms with E-state index < -0.39 is 19.9 Å². The van der Waals surface area contributed by atoms with Crippen LogP contribution >= 0.6 is 28.3 Å². The van der Waals surface area contributed by atoms with Gasteiger partial charge in [-0.15, -0.1) is 12.4 Å². The van der Waals surface area contributed by atoms with Gasteiger partial charge in [-0.2, -0.15) is 0 Å². The van der Waals surface area contributed by atoms with Gasteiger partial charge in [0.2, 0.25) is 10.0 Å². The molecule has 0 aliphatic heterocycles. The minimum Gasteiger partial charge on any atom is -0.313 e. The lowest BCUT2D eigenvalue weighted by Crippen LogP contribution is -2.38. The predicted molar refractivity (Wildman–Crippen MR) is 92.8 cm³/mol. The average molecular weight is 436 g/mol. The Hall–Kier alpha value is -0.190. The second-order valence-corrected chi connectivity index (χ2v) is 9.28. The first-order valence-corrected chi connectivity index (χ1v) is 10.5. The van der Waals surface area contributed by atoms with Crippen LogP contribution in [0.2, 0.25) is 0 Å². The maximum atomic E-state index is 12.2. The van der Waals surface area contributed by atoms with E-state index >= 15 is 0 Å². The summed E-state index contributed by atoms with van der Waals surface area (Å²) < 4.78 is 50.0. The molecule has 2 N–H and O–H groups in total. The zero-order valence-corrected chi connectivity index (χ0v) is 16.5. The number of sulfonamides is 1. The van der Waals surface area contributed by atoms with Crippen LogP contribution in [-0.4, -0.2) is 42.2 Å². The van der Waals surface area contributed by atoms with Crippen molar-refractivity contribution in [3.8, 4) is 0 Å². The molecule has 0 fully saturated rings. The SMILES string of the molecule is CCN[C@H](C)CNS(=O)(=O)c1ccc(S(C)(=O)=O)cc1Br.Cl. The van der Waals surface area contributed by atoms with Crippen LogP contribution in [0.1, 0.15) is 13.8 Å². The lowest BCUT2D eigenvalue weighted by molar-refractivity contribution is 0.536. The molecule has 0 heterocycles. The molecule has 6 nitrogen and oxygen atoms in total. The van der Waals surface area contributed by atoms with Gasteiger partial charge in [-0.1, -0.05) is 6.92 Å². The van der Waals surface area contributed by atoms with Gasteiger partial charge in [-0.05, 0) is 47.6 Å². The molecule has 128 valence electrons. The lowest BCUT2D eigenvalue weighted by atomic mass is 10.3. The Labute approximate surface area is 146 Å². The number of rotatable bonds is 7. The normalized spacial score (nSPS) is 13.5. The number of benzene rings is 1. The van der Waals surface area contributed by atoms with Crippen molar-refractivity contribution < 1.29 is 16.8 Å². The van der Waals surface area contributed by atoms with Crippen LogP contribution in [0.5, 0.6) is 0 Å². The van der Waals surface area contributed by atoms with Crippen molar-refractivity contribution in [2.24, 2.45) is 0 Å². The van der Waals surface area contributed by atoms with Crippen LogP contribution in [0.4, 0.5) is 0 Å². The van der Waals surface area contributed by atoms with Crippen molar-refractivity contribution in [1.29, 1.82) is 0 Å². The van der Waals surface area contributed by atoms with E-state index in [-0.39, 0.29) is 39.3 Å². The first-order chi connectivity index (χ1) is 9.58. The fourth-order valence-corrected chi connectivity index (χ4v) is 4.67. The molecule has 0 saturated heterocycles. The van der Waals surface area contributed by atoms with E-state index in [9.17, 15) is 16.8 Å². The van der Waals surface area contributed by atoms with Gasteiger partial charge >= 0.3 is 0 Å². The highest BCUT2D eigenvalue weighted by Crippen LogP contribution is 2.25. The molecule has 0 aliphatic carbocycles. The zero-order chi connectivity index (χ0) is 16.3. The van der Waals surface area contributed by atoms with Crippen molar-refractivity contribution in [1.82, 2.24) is 10.0 Å². The number of hydrogen-bond donors (Lipinski definition) is 2. The minimum absolute atomic E-state index is 0. The highest BCUT2D eigenvalue weighted by Gasteiger charge is 2.20. The Morgan fingerprint density at radius 3 is 2.27 bits per heavy atom. The van der Waals surface area contributed by atoms with E-state index in [1.165, 1.54) is 18.2 Å². The van der Waals surface area contributed by atoms with Crippen LogP contribution < -0.4 is 10.0 Å². The van der Waals surface area contributed by atoms with Crippen molar-refractivity contribution in [3.05, 3.63) is 22.7 Å². The van der Waals surface area contributed by atoms with Gasteiger partial charge in [0.15, 0.2) is 9.84 Å². The summed E-state index contributed by atoms with van der Waals surface area (Å²) in [4.78, 5) is 0.0768. The van der Waals surface area contributed by atoms with Gasteiger partial charge < -0.3 is 5.32 Å². The van der Waals surface area contributed by atoms with Crippen molar-refractivity contribution in [2.45, 2.75) is 29.7 Å². The van der Waals surface area contributed by atoms with Crippen LogP contribution in [-0.2, 0) is 19.9 Å². The van der Waals surface area contributed by atoms with E-state index in [4.69, 9.17) is 0 Å². The van der Waals surface area contributed by atoms with E-state index in [0.29, 0.717) is 0 Å². The van der Waals surface area contributed by atoms with Crippen molar-refractivity contribution in [2.75, 3.05) is 19.3 Å². The van der Waals surface area contributed by atoms with Crippen LogP contribution in [0.25, 0.3) is 0 Å². The predicted octanol–water partition coefficient (Wildman–Crippen LogP) is 1.55. The highest BCUT2D eigenvalue weighted by molar-refractivity contribution is 9.10. The lowest BCUT2D eigenvalue weighted by Gasteiger charge is -2.14. The molecule has 0 spiro atoms. The molecule has 0 radical (unpaired) electrons. The van der Waals surface area contributed by atoms with Gasteiger partial charge in [0.25, 0.3) is 0 Å². The number of sulfone groups is 1. The van der Waals surface area contributed by atoms with E-state index in [2.05, 4.69) is 26.0 Å². The van der Waals surface area contributed by atoms with Crippen LogP contribution in [0, 0.1) is 0 Å². The molecule has 1 aromatic carbocycles. The maximum Gasteiger partial charge on any atom is 0.241 e. The van der Waals surface area contributed by atoms with Gasteiger partial charge in [-0.25, -0.2) is 21.6 Å². The number of likely N-dealkylation sites (N-methyl/N-ethyl adjacent to an activating group) is 1. The first-order valence-electron chi connectivity index (χ1n) is 6.30. The van der Waals surface area contributed by atoms with Crippen molar-refractivity contribution in [3.63, 3.8) is 0 Å². The summed E-state index contributed by atoms with van der Waals surface area (Å²) in [6.45, 7) is 4.80. The number of hydrogen-bond acceptors (Lipinski definition) is 5. The first kappa shape index (κ1) is 21.8. The average Bonchev–Trinajstić information content (AvgIpc) is 2.35. The molecule has 0 bridgehead atoms. The molecule has 1 atom stereocenters. The molecular weight excluding hydrogens is 416 g/mol. The Morgan fingerprint density at radius 1 is 1.23 bits per heavy atom. The molecular formula is C12H20BrClN2O4S2. The molecule has 0 amide bonds. The van der Waals surface area contributed by atoms with Gasteiger partial charge in [0.05, 0.1) is 9.79 Å². The Bertz CT molecular complexity index is 708. The Morgan fingerprint density at radius 2 is 1.82 bits per heavy atom. The number of nitrogens with one attached hydrogen (secondary N) is 2. The molecule has 1 aromatic rings. The summed E-state index contributed by atoms with van der Waals surface area (Å²) in [6.07, 6.45) is 1.07. The third-order valence-electron chi connectivity index (χ3n) is 2.75. The third-order valence-corrected chi connectivity index (χ3v) is 6.26. The van der Waals surface area contributed by atoms with Gasteiger partial charge in [0.1, 0.15) is 0 Å². The summed E-state index contributed by atoms with van der Waals surface area (Å²) >= 11 is 3.11. The smallest absolute Gasteiger partial charge is 0.241 e. The Kier molecular flexibility index (Phi) is 8.53. The van der Waals surface area contributed by atoms with E-state index in [1.54, 1.807) is 0 Å². The highest BCUT2D eigenvalue weighted by atomic mass is 79.9. The Balaban J connectivity index is 0.00000441. The second-order valence-electron chi connectivity index (χ2n) is 4.68. The topological polar surface area (TPSA) is 92.3 Å². The van der Waals surface area contributed by atoms with Gasteiger partial charge in [-0.3, -0.25) is 0 Å². The fraction of sp³-hybridized carbons (Fsp3) is 0.500. The van der Waals surface area contributed by atoms with Crippen LogP contribution in [0.3, 0.4) is 0 Å². The summed E-state index contributed by atoms with van der Waals surface area (Å²) in [5.41, 5.74) is 0. The summed E-state index contributed by atoms with van der Waals surface area (Å²) in [7, 11) is -7.07. The maximum absolute atomic E-state index is 12.2. The fourth-order valence-electron chi connectivity index (χ4n) is 1.66. The van der Waals surface area contributed by atoms with Gasteiger partial charge in [0, 0.05) is 23.3 Å². The zero-order valence-electron chi connectivity index (χ0n) is 12.5. The van der Waals surface area contributed by atoms with E-state index in [0.717, 1.165) is 12.8 Å². The van der Waals surface area contributed by atoms with E-state index in [1.807, 2.05) is 13.8 Å². The molecule has 0 unspecified atom stereocenters. The monoisotopic (exact) mass is 434 g/mol. The van der Waals surface area contributed by atoms with Crippen molar-refractivity contribution >= 4 is 48.2 Å². The number of halogens is 2. The molecule has 1 rings (SSSR count). The molecule has 10 heteroatoms. The molecule has 0 aliphatic rings. The second kappa shape index (κ2) is 8.60. The third kappa shape index (κ3) is 6.13. The quantitative estimate of drug-likeness (QED) is 0.678. The minimum atomic E-state index is -3.70. The molecule has 22 heavy (non-hydrogen) atoms. The molecule has 0 saturated carbocycles. The molecule has 0 aromatic heterocycles. The summed E-state index contributed by atoms with van der Waals surface area (Å²) in [5.74, 6) is 0. The standard InChI is InChI=1S/C12H19BrN2O4S2.ClH/c1-4-14-9(2)8-15-21(18,19)12-6-5-10(7-11(12)13)20(3,16)17;/h5-7,9,14-15H,4,8H2,1-3H3;1H/t9-;/m1./s1.